The van der Waals surface area contributed by atoms with Gasteiger partial charge in [-0.2, -0.15) is 0 Å². The second kappa shape index (κ2) is 4.09. The summed E-state index contributed by atoms with van der Waals surface area (Å²) in [5.74, 6) is 1.85. The van der Waals surface area contributed by atoms with Crippen LogP contribution in [0.2, 0.25) is 0 Å². The normalized spacial score (nSPS) is 18.4. The van der Waals surface area contributed by atoms with Crippen LogP contribution in [0.5, 0.6) is 0 Å². The average Bonchev–Trinajstić information content (AvgIpc) is 2.92. The molecule has 4 nitrogen and oxygen atoms in total. The second-order valence-electron chi connectivity index (χ2n) is 4.00. The smallest absolute Gasteiger partial charge is 0.230 e. The maximum atomic E-state index is 5.53. The van der Waals surface area contributed by atoms with E-state index >= 15 is 0 Å². The summed E-state index contributed by atoms with van der Waals surface area (Å²) in [6, 6.07) is 0.689. The summed E-state index contributed by atoms with van der Waals surface area (Å²) in [5.41, 5.74) is 0. The highest BCUT2D eigenvalue weighted by molar-refractivity contribution is 4.90. The van der Waals surface area contributed by atoms with Crippen LogP contribution in [-0.4, -0.2) is 16.2 Å². The van der Waals surface area contributed by atoms with Crippen molar-refractivity contribution in [3.05, 3.63) is 11.8 Å². The minimum absolute atomic E-state index is 0.372. The monoisotopic (exact) mass is 195 g/mol. The molecular formula is C10H17N3O. The van der Waals surface area contributed by atoms with Crippen LogP contribution in [-0.2, 0) is 6.54 Å². The van der Waals surface area contributed by atoms with Crippen LogP contribution in [0.1, 0.15) is 50.8 Å². The van der Waals surface area contributed by atoms with Crippen molar-refractivity contribution in [2.24, 2.45) is 0 Å². The molecule has 1 saturated carbocycles. The van der Waals surface area contributed by atoms with Crippen LogP contribution in [0.3, 0.4) is 0 Å². The van der Waals surface area contributed by atoms with E-state index < -0.39 is 0 Å². The van der Waals surface area contributed by atoms with Crippen molar-refractivity contribution >= 4 is 0 Å². The molecule has 1 aliphatic carbocycles. The number of hydrogen-bond donors (Lipinski definition) is 1. The largest absolute Gasteiger partial charge is 0.424 e. The van der Waals surface area contributed by atoms with E-state index in [9.17, 15) is 0 Å². The van der Waals surface area contributed by atoms with E-state index in [2.05, 4.69) is 29.4 Å². The highest BCUT2D eigenvalue weighted by Gasteiger charge is 2.21. The zero-order chi connectivity index (χ0) is 9.97. The highest BCUT2D eigenvalue weighted by Crippen LogP contribution is 2.20. The lowest BCUT2D eigenvalue weighted by molar-refractivity contribution is 0.407. The van der Waals surface area contributed by atoms with Gasteiger partial charge in [-0.05, 0) is 19.3 Å². The molecule has 4 heteroatoms. The summed E-state index contributed by atoms with van der Waals surface area (Å²) < 4.78 is 5.53. The Hall–Kier alpha value is -0.900. The molecule has 1 aromatic heterocycles. The Kier molecular flexibility index (Phi) is 2.82. The number of nitrogens with zero attached hydrogens (tertiary/aromatic N) is 2. The van der Waals surface area contributed by atoms with E-state index in [1.807, 2.05) is 0 Å². The van der Waals surface area contributed by atoms with E-state index in [4.69, 9.17) is 4.42 Å². The quantitative estimate of drug-likeness (QED) is 0.778. The Balaban J connectivity index is 1.87. The Morgan fingerprint density at radius 1 is 1.50 bits per heavy atom. The predicted molar refractivity (Wildman–Crippen MR) is 52.9 cm³/mol. The molecule has 1 heterocycles. The summed E-state index contributed by atoms with van der Waals surface area (Å²) in [4.78, 5) is 0. The van der Waals surface area contributed by atoms with Gasteiger partial charge in [0, 0.05) is 12.0 Å². The molecule has 1 atom stereocenters. The Labute approximate surface area is 84.1 Å². The van der Waals surface area contributed by atoms with Crippen LogP contribution in [0.15, 0.2) is 4.42 Å². The van der Waals surface area contributed by atoms with Crippen molar-refractivity contribution in [1.29, 1.82) is 0 Å². The molecule has 0 aliphatic heterocycles. The first-order valence-corrected chi connectivity index (χ1v) is 5.35. The van der Waals surface area contributed by atoms with Crippen molar-refractivity contribution < 1.29 is 4.42 Å². The van der Waals surface area contributed by atoms with Crippen molar-refractivity contribution in [2.45, 2.75) is 51.6 Å². The van der Waals surface area contributed by atoms with Gasteiger partial charge < -0.3 is 9.73 Å². The third kappa shape index (κ3) is 2.32. The molecule has 0 radical (unpaired) electrons. The molecule has 1 fully saturated rings. The molecule has 0 amide bonds. The maximum absolute atomic E-state index is 5.53. The Morgan fingerprint density at radius 3 is 2.93 bits per heavy atom. The van der Waals surface area contributed by atoms with Crippen LogP contribution in [0, 0.1) is 0 Å². The number of hydrogen-bond acceptors (Lipinski definition) is 4. The van der Waals surface area contributed by atoms with Crippen molar-refractivity contribution in [1.82, 2.24) is 15.5 Å². The molecular weight excluding hydrogens is 178 g/mol. The van der Waals surface area contributed by atoms with E-state index in [0.717, 1.165) is 12.3 Å². The predicted octanol–water partition coefficient (Wildman–Crippen LogP) is 1.84. The molecule has 1 aliphatic rings. The van der Waals surface area contributed by atoms with Crippen LogP contribution in [0.25, 0.3) is 0 Å². The molecule has 14 heavy (non-hydrogen) atoms. The fourth-order valence-corrected chi connectivity index (χ4v) is 1.23. The first-order chi connectivity index (χ1) is 6.79. The standard InChI is InChI=1S/C10H17N3O/c1-3-7(2)10-13-12-9(14-10)6-11-8-4-5-8/h7-8,11H,3-6H2,1-2H3. The summed E-state index contributed by atoms with van der Waals surface area (Å²) in [6.07, 6.45) is 3.61. The zero-order valence-corrected chi connectivity index (χ0v) is 8.79. The van der Waals surface area contributed by atoms with Gasteiger partial charge in [0.05, 0.1) is 6.54 Å². The molecule has 78 valence electrons. The van der Waals surface area contributed by atoms with Crippen molar-refractivity contribution in [3.63, 3.8) is 0 Å². The van der Waals surface area contributed by atoms with Crippen LogP contribution in [0.4, 0.5) is 0 Å². The lowest BCUT2D eigenvalue weighted by atomic mass is 10.1. The number of aromatic nitrogens is 2. The third-order valence-corrected chi connectivity index (χ3v) is 2.64. The lowest BCUT2D eigenvalue weighted by Crippen LogP contribution is -2.15. The van der Waals surface area contributed by atoms with Gasteiger partial charge in [-0.25, -0.2) is 0 Å². The van der Waals surface area contributed by atoms with Gasteiger partial charge in [-0.1, -0.05) is 13.8 Å². The van der Waals surface area contributed by atoms with Gasteiger partial charge in [0.1, 0.15) is 0 Å². The highest BCUT2D eigenvalue weighted by atomic mass is 16.4. The zero-order valence-electron chi connectivity index (χ0n) is 8.79. The summed E-state index contributed by atoms with van der Waals surface area (Å²) in [5, 5.41) is 11.4. The molecule has 1 N–H and O–H groups in total. The average molecular weight is 195 g/mol. The minimum atomic E-state index is 0.372. The first-order valence-electron chi connectivity index (χ1n) is 5.35. The van der Waals surface area contributed by atoms with Gasteiger partial charge in [-0.15, -0.1) is 10.2 Å². The molecule has 0 aromatic carbocycles. The van der Waals surface area contributed by atoms with Crippen molar-refractivity contribution in [3.8, 4) is 0 Å². The maximum Gasteiger partial charge on any atom is 0.230 e. The molecule has 2 rings (SSSR count). The Morgan fingerprint density at radius 2 is 2.29 bits per heavy atom. The van der Waals surface area contributed by atoms with Gasteiger partial charge in [-0.3, -0.25) is 0 Å². The fraction of sp³-hybridized carbons (Fsp3) is 0.800. The van der Waals surface area contributed by atoms with Gasteiger partial charge in [0.2, 0.25) is 11.8 Å². The van der Waals surface area contributed by atoms with E-state index in [0.29, 0.717) is 24.4 Å². The number of rotatable bonds is 5. The summed E-state index contributed by atoms with van der Waals surface area (Å²) in [6.45, 7) is 4.94. The van der Waals surface area contributed by atoms with Crippen LogP contribution < -0.4 is 5.32 Å². The van der Waals surface area contributed by atoms with E-state index in [1.165, 1.54) is 12.8 Å². The molecule has 1 unspecified atom stereocenters. The molecule has 0 spiro atoms. The Bertz CT molecular complexity index is 293. The topological polar surface area (TPSA) is 51.0 Å². The van der Waals surface area contributed by atoms with E-state index in [1.54, 1.807) is 0 Å². The van der Waals surface area contributed by atoms with E-state index in [-0.39, 0.29) is 0 Å². The summed E-state index contributed by atoms with van der Waals surface area (Å²) in [7, 11) is 0. The van der Waals surface area contributed by atoms with Crippen molar-refractivity contribution in [2.75, 3.05) is 0 Å². The first kappa shape index (κ1) is 9.65. The van der Waals surface area contributed by atoms with Gasteiger partial charge in [0.15, 0.2) is 0 Å². The molecule has 1 aromatic rings. The summed E-state index contributed by atoms with van der Waals surface area (Å²) >= 11 is 0. The SMILES string of the molecule is CCC(C)c1nnc(CNC2CC2)o1. The van der Waals surface area contributed by atoms with Gasteiger partial charge in [0.25, 0.3) is 0 Å². The number of nitrogens with one attached hydrogen (secondary N) is 1. The molecule has 0 bridgehead atoms. The van der Waals surface area contributed by atoms with Gasteiger partial charge >= 0.3 is 0 Å². The second-order valence-corrected chi connectivity index (χ2v) is 4.00. The fourth-order valence-electron chi connectivity index (χ4n) is 1.23. The lowest BCUT2D eigenvalue weighted by Gasteiger charge is -2.00. The molecule has 0 saturated heterocycles. The third-order valence-electron chi connectivity index (χ3n) is 2.64. The van der Waals surface area contributed by atoms with Crippen LogP contribution >= 0.6 is 0 Å². The minimum Gasteiger partial charge on any atom is -0.424 e.